The number of amides is 1. The van der Waals surface area contributed by atoms with Crippen molar-refractivity contribution in [3.05, 3.63) is 35.9 Å². The van der Waals surface area contributed by atoms with Gasteiger partial charge in [-0.2, -0.15) is 0 Å². The summed E-state index contributed by atoms with van der Waals surface area (Å²) in [6, 6.07) is 9.63. The molecule has 24 heavy (non-hydrogen) atoms. The van der Waals surface area contributed by atoms with E-state index in [1.54, 1.807) is 0 Å². The normalized spacial score (nSPS) is 21.2. The summed E-state index contributed by atoms with van der Waals surface area (Å²) in [5.41, 5.74) is 0.662. The predicted octanol–water partition coefficient (Wildman–Crippen LogP) is 3.42. The molecular weight excluding hydrogens is 306 g/mol. The molecule has 1 fully saturated rings. The quantitative estimate of drug-likeness (QED) is 0.795. The zero-order chi connectivity index (χ0) is 17.7. The maximum absolute atomic E-state index is 12.4. The number of benzene rings is 1. The first-order valence-corrected chi connectivity index (χ1v) is 8.41. The second-order valence-electron chi connectivity index (χ2n) is 7.29. The Hall–Kier alpha value is -2.04. The van der Waals surface area contributed by atoms with Crippen LogP contribution < -0.4 is 0 Å². The fourth-order valence-corrected chi connectivity index (χ4v) is 3.07. The van der Waals surface area contributed by atoms with Gasteiger partial charge >= 0.3 is 12.1 Å². The number of rotatable bonds is 3. The number of piperidine rings is 1. The largest absolute Gasteiger partial charge is 0.467 e. The first-order valence-electron chi connectivity index (χ1n) is 8.41. The number of esters is 1. The minimum Gasteiger partial charge on any atom is -0.467 e. The lowest BCUT2D eigenvalue weighted by Crippen LogP contribution is -2.52. The smallest absolute Gasteiger partial charge is 0.411 e. The van der Waals surface area contributed by atoms with Crippen LogP contribution in [0.5, 0.6) is 0 Å². The minimum absolute atomic E-state index is 0.343. The van der Waals surface area contributed by atoms with Gasteiger partial charge in [0.2, 0.25) is 0 Å². The molecule has 1 amide bonds. The molecule has 1 aliphatic rings. The molecule has 0 saturated carbocycles. The molecule has 0 spiro atoms. The van der Waals surface area contributed by atoms with Gasteiger partial charge in [0.05, 0.1) is 7.11 Å². The number of carbonyl (C=O) groups is 2. The molecule has 5 nitrogen and oxygen atoms in total. The van der Waals surface area contributed by atoms with Crippen LogP contribution >= 0.6 is 0 Å². The Bertz CT molecular complexity index is 564. The van der Waals surface area contributed by atoms with E-state index in [1.165, 1.54) is 17.6 Å². The summed E-state index contributed by atoms with van der Waals surface area (Å²) < 4.78 is 10.3. The summed E-state index contributed by atoms with van der Waals surface area (Å²) in [5, 5.41) is 0. The van der Waals surface area contributed by atoms with Crippen molar-refractivity contribution in [3.8, 4) is 0 Å². The zero-order valence-electron chi connectivity index (χ0n) is 15.0. The first-order chi connectivity index (χ1) is 11.3. The van der Waals surface area contributed by atoms with Crippen LogP contribution in [0.1, 0.15) is 39.2 Å². The van der Waals surface area contributed by atoms with Gasteiger partial charge in [-0.15, -0.1) is 0 Å². The maximum atomic E-state index is 12.4. The molecule has 0 N–H and O–H groups in total. The Morgan fingerprint density at radius 1 is 1.21 bits per heavy atom. The number of likely N-dealkylation sites (tertiary alicyclic amines) is 1. The number of hydrogen-bond donors (Lipinski definition) is 0. The third-order valence-electron chi connectivity index (χ3n) is 4.18. The number of ether oxygens (including phenoxy) is 2. The Labute approximate surface area is 143 Å². The van der Waals surface area contributed by atoms with Gasteiger partial charge < -0.3 is 9.47 Å². The third kappa shape index (κ3) is 4.98. The molecule has 1 heterocycles. The van der Waals surface area contributed by atoms with Gasteiger partial charge in [-0.1, -0.05) is 30.3 Å². The molecule has 1 aromatic carbocycles. The van der Waals surface area contributed by atoms with Gasteiger partial charge in [-0.05, 0) is 51.5 Å². The lowest BCUT2D eigenvalue weighted by Gasteiger charge is -2.38. The Morgan fingerprint density at radius 3 is 2.46 bits per heavy atom. The molecule has 0 aromatic heterocycles. The zero-order valence-corrected chi connectivity index (χ0v) is 15.0. The van der Waals surface area contributed by atoms with Gasteiger partial charge in [-0.25, -0.2) is 9.59 Å². The van der Waals surface area contributed by atoms with Crippen molar-refractivity contribution in [2.45, 2.75) is 51.7 Å². The van der Waals surface area contributed by atoms with Gasteiger partial charge in [0.15, 0.2) is 0 Å². The van der Waals surface area contributed by atoms with Crippen LogP contribution in [0.4, 0.5) is 4.79 Å². The number of carbonyl (C=O) groups excluding carboxylic acids is 2. The molecule has 0 aliphatic carbocycles. The fourth-order valence-electron chi connectivity index (χ4n) is 3.07. The molecular formula is C19H27NO4. The number of methoxy groups -OCH3 is 1. The minimum atomic E-state index is -0.585. The summed E-state index contributed by atoms with van der Waals surface area (Å²) >= 11 is 0. The highest BCUT2D eigenvalue weighted by molar-refractivity contribution is 5.81. The highest BCUT2D eigenvalue weighted by Crippen LogP contribution is 2.28. The highest BCUT2D eigenvalue weighted by Gasteiger charge is 2.38. The van der Waals surface area contributed by atoms with Gasteiger partial charge in [-0.3, -0.25) is 4.90 Å². The van der Waals surface area contributed by atoms with Gasteiger partial charge in [0.1, 0.15) is 11.6 Å². The van der Waals surface area contributed by atoms with E-state index >= 15 is 0 Å². The summed E-state index contributed by atoms with van der Waals surface area (Å²) in [5.74, 6) is -0.0335. The van der Waals surface area contributed by atoms with Crippen LogP contribution in [0.3, 0.4) is 0 Å². The standard InChI is InChI=1S/C19H27NO4/c1-19(2,3)24-18(22)20-11-10-15(13-16(20)17(21)23-4)12-14-8-6-5-7-9-14/h5-9,15-16H,10-13H2,1-4H3/t15?,16-/m1/s1. The second-order valence-corrected chi connectivity index (χ2v) is 7.29. The SMILES string of the molecule is COC(=O)[C@H]1CC(Cc2ccccc2)CCN1C(=O)OC(C)(C)C. The van der Waals surface area contributed by atoms with Crippen molar-refractivity contribution in [3.63, 3.8) is 0 Å². The maximum Gasteiger partial charge on any atom is 0.411 e. The van der Waals surface area contributed by atoms with Crippen LogP contribution in [-0.4, -0.2) is 42.3 Å². The summed E-state index contributed by atoms with van der Waals surface area (Å²) in [6.45, 7) is 5.97. The summed E-state index contributed by atoms with van der Waals surface area (Å²) in [4.78, 5) is 26.1. The van der Waals surface area contributed by atoms with Crippen LogP contribution in [0.15, 0.2) is 30.3 Å². The van der Waals surface area contributed by atoms with E-state index in [9.17, 15) is 9.59 Å². The average molecular weight is 333 g/mol. The van der Waals surface area contributed by atoms with Crippen LogP contribution in [-0.2, 0) is 20.7 Å². The van der Waals surface area contributed by atoms with Crippen LogP contribution in [0.2, 0.25) is 0 Å². The molecule has 2 rings (SSSR count). The molecule has 5 heteroatoms. The summed E-state index contributed by atoms with van der Waals surface area (Å²) in [7, 11) is 1.36. The first kappa shape index (κ1) is 18.3. The van der Waals surface area contributed by atoms with Crippen molar-refractivity contribution < 1.29 is 19.1 Å². The molecule has 2 atom stereocenters. The average Bonchev–Trinajstić information content (AvgIpc) is 2.53. The Morgan fingerprint density at radius 2 is 1.88 bits per heavy atom. The highest BCUT2D eigenvalue weighted by atomic mass is 16.6. The molecule has 1 unspecified atom stereocenters. The predicted molar refractivity (Wildman–Crippen MR) is 91.6 cm³/mol. The van der Waals surface area contributed by atoms with Crippen molar-refractivity contribution in [1.82, 2.24) is 4.90 Å². The Kier molecular flexibility index (Phi) is 5.86. The van der Waals surface area contributed by atoms with Crippen molar-refractivity contribution >= 4 is 12.1 Å². The van der Waals surface area contributed by atoms with Crippen molar-refractivity contribution in [1.29, 1.82) is 0 Å². The van der Waals surface area contributed by atoms with Crippen molar-refractivity contribution in [2.24, 2.45) is 5.92 Å². The molecule has 0 radical (unpaired) electrons. The summed E-state index contributed by atoms with van der Waals surface area (Å²) in [6.07, 6.45) is 1.90. The molecule has 1 saturated heterocycles. The van der Waals surface area contributed by atoms with E-state index in [0.29, 0.717) is 18.9 Å². The lowest BCUT2D eigenvalue weighted by atomic mass is 9.86. The van der Waals surface area contributed by atoms with Crippen LogP contribution in [0.25, 0.3) is 0 Å². The van der Waals surface area contributed by atoms with E-state index in [0.717, 1.165) is 12.8 Å². The second kappa shape index (κ2) is 7.69. The molecule has 1 aromatic rings. The van der Waals surface area contributed by atoms with Gasteiger partial charge in [0.25, 0.3) is 0 Å². The van der Waals surface area contributed by atoms with E-state index in [4.69, 9.17) is 9.47 Å². The third-order valence-corrected chi connectivity index (χ3v) is 4.18. The molecule has 0 bridgehead atoms. The molecule has 132 valence electrons. The number of nitrogens with zero attached hydrogens (tertiary/aromatic N) is 1. The van der Waals surface area contributed by atoms with E-state index in [1.807, 2.05) is 39.0 Å². The monoisotopic (exact) mass is 333 g/mol. The lowest BCUT2D eigenvalue weighted by molar-refractivity contribution is -0.148. The topological polar surface area (TPSA) is 55.8 Å². The van der Waals surface area contributed by atoms with Crippen molar-refractivity contribution in [2.75, 3.05) is 13.7 Å². The Balaban J connectivity index is 2.07. The van der Waals surface area contributed by atoms with E-state index in [-0.39, 0.29) is 5.97 Å². The molecule has 1 aliphatic heterocycles. The fraction of sp³-hybridized carbons (Fsp3) is 0.579. The van der Waals surface area contributed by atoms with Crippen LogP contribution in [0, 0.1) is 5.92 Å². The van der Waals surface area contributed by atoms with Gasteiger partial charge in [0, 0.05) is 6.54 Å². The number of hydrogen-bond acceptors (Lipinski definition) is 4. The van der Waals surface area contributed by atoms with E-state index < -0.39 is 17.7 Å². The van der Waals surface area contributed by atoms with E-state index in [2.05, 4.69) is 12.1 Å².